The molecule has 3 N–H and O–H groups in total. The number of para-hydroxylation sites is 1. The molecule has 2 aromatic carbocycles. The Balaban J connectivity index is 1.33. The summed E-state index contributed by atoms with van der Waals surface area (Å²) >= 11 is 0. The smallest absolute Gasteiger partial charge is 0.248 e. The van der Waals surface area contributed by atoms with Crippen molar-refractivity contribution in [2.45, 2.75) is 6.10 Å². The Labute approximate surface area is 186 Å². The molecule has 0 spiro atoms. The zero-order valence-electron chi connectivity index (χ0n) is 17.9. The highest BCUT2D eigenvalue weighted by Crippen LogP contribution is 2.31. The van der Waals surface area contributed by atoms with E-state index in [1.54, 1.807) is 18.2 Å². The molecule has 0 amide bonds. The molecule has 170 valence electrons. The van der Waals surface area contributed by atoms with Crippen LogP contribution in [0.2, 0.25) is 0 Å². The molecule has 4 rings (SSSR count). The molecule has 1 atom stereocenters. The van der Waals surface area contributed by atoms with Crippen LogP contribution in [0.4, 0.5) is 5.69 Å². The predicted molar refractivity (Wildman–Crippen MR) is 124 cm³/mol. The molecule has 1 saturated heterocycles. The molecule has 2 heterocycles. The number of benzene rings is 2. The fourth-order valence-electron chi connectivity index (χ4n) is 3.96. The predicted octanol–water partition coefficient (Wildman–Crippen LogP) is 1.46. The van der Waals surface area contributed by atoms with Crippen molar-refractivity contribution in [2.24, 2.45) is 0 Å². The van der Waals surface area contributed by atoms with Crippen LogP contribution in [-0.4, -0.2) is 78.7 Å². The summed E-state index contributed by atoms with van der Waals surface area (Å²) in [5.41, 5.74) is 1.49. The van der Waals surface area contributed by atoms with E-state index in [2.05, 4.69) is 26.9 Å². The fourth-order valence-corrected chi connectivity index (χ4v) is 3.96. The van der Waals surface area contributed by atoms with Crippen LogP contribution in [-0.2, 0) is 0 Å². The molecule has 8 nitrogen and oxygen atoms in total. The Bertz CT molecular complexity index is 1060. The number of ether oxygens (including phenoxy) is 2. The first-order valence-corrected chi connectivity index (χ1v) is 10.9. The second-order valence-electron chi connectivity index (χ2n) is 7.83. The Morgan fingerprint density at radius 2 is 1.69 bits per heavy atom. The van der Waals surface area contributed by atoms with Gasteiger partial charge in [0.2, 0.25) is 5.56 Å². The van der Waals surface area contributed by atoms with Crippen molar-refractivity contribution in [2.75, 3.05) is 57.4 Å². The van der Waals surface area contributed by atoms with Crippen molar-refractivity contribution in [1.82, 2.24) is 9.88 Å². The van der Waals surface area contributed by atoms with Crippen LogP contribution in [0.15, 0.2) is 59.4 Å². The number of aromatic amines is 1. The number of nitrogens with one attached hydrogen (secondary N) is 1. The number of aromatic nitrogens is 1. The molecule has 1 fully saturated rings. The molecule has 0 saturated carbocycles. The Morgan fingerprint density at radius 3 is 2.44 bits per heavy atom. The summed E-state index contributed by atoms with van der Waals surface area (Å²) < 4.78 is 11.4. The second kappa shape index (κ2) is 10.5. The summed E-state index contributed by atoms with van der Waals surface area (Å²) in [5, 5.41) is 20.2. The fraction of sp³-hybridized carbons (Fsp3) is 0.375. The summed E-state index contributed by atoms with van der Waals surface area (Å²) in [6.45, 7) is 4.29. The van der Waals surface area contributed by atoms with Gasteiger partial charge in [-0.25, -0.2) is 0 Å². The first-order valence-electron chi connectivity index (χ1n) is 10.9. The summed E-state index contributed by atoms with van der Waals surface area (Å²) in [7, 11) is 0. The Hall–Kier alpha value is -3.07. The van der Waals surface area contributed by atoms with E-state index in [1.807, 2.05) is 18.2 Å². The third kappa shape index (κ3) is 5.40. The van der Waals surface area contributed by atoms with Crippen LogP contribution in [0.5, 0.6) is 11.5 Å². The third-order valence-electron chi connectivity index (χ3n) is 5.56. The number of β-amino-alcohol motifs (C(OH)–C–C–N with tert-alkyl or cyclic N) is 1. The lowest BCUT2D eigenvalue weighted by molar-refractivity contribution is 0.0668. The van der Waals surface area contributed by atoms with Crippen LogP contribution in [0.1, 0.15) is 0 Å². The highest BCUT2D eigenvalue weighted by atomic mass is 16.5. The van der Waals surface area contributed by atoms with Gasteiger partial charge in [0.05, 0.1) is 12.1 Å². The second-order valence-corrected chi connectivity index (χ2v) is 7.83. The minimum absolute atomic E-state index is 0.122. The molecule has 8 heteroatoms. The zero-order valence-corrected chi connectivity index (χ0v) is 17.9. The molecular weight excluding hydrogens is 410 g/mol. The highest BCUT2D eigenvalue weighted by molar-refractivity contribution is 5.89. The van der Waals surface area contributed by atoms with E-state index < -0.39 is 6.10 Å². The van der Waals surface area contributed by atoms with E-state index in [9.17, 15) is 9.90 Å². The van der Waals surface area contributed by atoms with Gasteiger partial charge in [0, 0.05) is 49.9 Å². The number of nitrogens with zero attached hydrogens (tertiary/aromatic N) is 2. The van der Waals surface area contributed by atoms with Gasteiger partial charge in [-0.3, -0.25) is 9.69 Å². The summed E-state index contributed by atoms with van der Waals surface area (Å²) in [6.07, 6.45) is -0.638. The van der Waals surface area contributed by atoms with Gasteiger partial charge in [0.25, 0.3) is 0 Å². The average molecular weight is 440 g/mol. The monoisotopic (exact) mass is 439 g/mol. The topological polar surface area (TPSA) is 98.3 Å². The molecule has 1 unspecified atom stereocenters. The standard InChI is InChI=1S/C24H29N3O5/c28-14-15-31-22-8-7-21(20-6-9-23(30)25-24(20)22)32-17-19(29)16-26-10-12-27(13-11-26)18-4-2-1-3-5-18/h1-9,19,28-29H,10-17H2,(H,25,30). The van der Waals surface area contributed by atoms with Crippen molar-refractivity contribution in [3.63, 3.8) is 0 Å². The molecular formula is C24H29N3O5. The molecule has 32 heavy (non-hydrogen) atoms. The van der Waals surface area contributed by atoms with E-state index in [1.165, 1.54) is 11.8 Å². The van der Waals surface area contributed by atoms with E-state index >= 15 is 0 Å². The Kier molecular flexibility index (Phi) is 7.26. The number of aliphatic hydroxyl groups excluding tert-OH is 2. The normalized spacial score (nSPS) is 15.6. The van der Waals surface area contributed by atoms with Crippen molar-refractivity contribution in [3.05, 3.63) is 65.0 Å². The lowest BCUT2D eigenvalue weighted by Crippen LogP contribution is -2.49. The maximum atomic E-state index is 11.8. The molecule has 3 aromatic rings. The number of anilines is 1. The van der Waals surface area contributed by atoms with Crippen LogP contribution in [0.25, 0.3) is 10.9 Å². The number of fused-ring (bicyclic) bond motifs is 1. The van der Waals surface area contributed by atoms with Crippen LogP contribution in [0, 0.1) is 0 Å². The van der Waals surface area contributed by atoms with Gasteiger partial charge in [-0.15, -0.1) is 0 Å². The van der Waals surface area contributed by atoms with Gasteiger partial charge < -0.3 is 29.6 Å². The van der Waals surface area contributed by atoms with E-state index in [0.717, 1.165) is 26.2 Å². The minimum Gasteiger partial charge on any atom is -0.490 e. The molecule has 1 aromatic heterocycles. The minimum atomic E-state index is -0.638. The lowest BCUT2D eigenvalue weighted by Gasteiger charge is -2.36. The largest absolute Gasteiger partial charge is 0.490 e. The third-order valence-corrected chi connectivity index (χ3v) is 5.56. The Morgan fingerprint density at radius 1 is 0.938 bits per heavy atom. The average Bonchev–Trinajstić information content (AvgIpc) is 2.82. The van der Waals surface area contributed by atoms with Gasteiger partial charge in [-0.05, 0) is 30.3 Å². The number of hydrogen-bond acceptors (Lipinski definition) is 7. The number of hydrogen-bond donors (Lipinski definition) is 3. The quantitative estimate of drug-likeness (QED) is 0.464. The van der Waals surface area contributed by atoms with Gasteiger partial charge in [0.15, 0.2) is 0 Å². The van der Waals surface area contributed by atoms with Crippen molar-refractivity contribution in [3.8, 4) is 11.5 Å². The van der Waals surface area contributed by atoms with Gasteiger partial charge in [0.1, 0.15) is 30.8 Å². The first kappa shape index (κ1) is 22.1. The van der Waals surface area contributed by atoms with E-state index in [0.29, 0.717) is 28.9 Å². The highest BCUT2D eigenvalue weighted by Gasteiger charge is 2.20. The summed E-state index contributed by atoms with van der Waals surface area (Å²) in [5.74, 6) is 1.02. The zero-order chi connectivity index (χ0) is 22.3. The molecule has 0 aliphatic carbocycles. The molecule has 1 aliphatic heterocycles. The SMILES string of the molecule is O=c1ccc2c(OCC(O)CN3CCN(c4ccccc4)CC3)ccc(OCCO)c2[nH]1. The first-order chi connectivity index (χ1) is 15.6. The summed E-state index contributed by atoms with van der Waals surface area (Å²) in [4.78, 5) is 19.1. The van der Waals surface area contributed by atoms with Crippen molar-refractivity contribution in [1.29, 1.82) is 0 Å². The maximum Gasteiger partial charge on any atom is 0.248 e. The van der Waals surface area contributed by atoms with E-state index in [-0.39, 0.29) is 25.4 Å². The number of pyridine rings is 1. The van der Waals surface area contributed by atoms with Crippen molar-refractivity contribution >= 4 is 16.6 Å². The molecule has 0 bridgehead atoms. The van der Waals surface area contributed by atoms with E-state index in [4.69, 9.17) is 14.6 Å². The van der Waals surface area contributed by atoms with Gasteiger partial charge in [-0.1, -0.05) is 18.2 Å². The van der Waals surface area contributed by atoms with Gasteiger partial charge in [-0.2, -0.15) is 0 Å². The number of H-pyrrole nitrogens is 1. The van der Waals surface area contributed by atoms with Crippen LogP contribution >= 0.6 is 0 Å². The number of piperazine rings is 1. The maximum absolute atomic E-state index is 11.8. The van der Waals surface area contributed by atoms with Crippen LogP contribution < -0.4 is 19.9 Å². The molecule has 1 aliphatic rings. The van der Waals surface area contributed by atoms with Crippen LogP contribution in [0.3, 0.4) is 0 Å². The number of aliphatic hydroxyl groups is 2. The lowest BCUT2D eigenvalue weighted by atomic mass is 10.2. The molecule has 0 radical (unpaired) electrons. The van der Waals surface area contributed by atoms with Gasteiger partial charge >= 0.3 is 0 Å². The number of rotatable bonds is 9. The summed E-state index contributed by atoms with van der Waals surface area (Å²) in [6, 6.07) is 16.9. The van der Waals surface area contributed by atoms with Crippen molar-refractivity contribution < 1.29 is 19.7 Å².